The minimum Gasteiger partial charge on any atom is -0.507 e. The molecule has 2 unspecified atom stereocenters. The van der Waals surface area contributed by atoms with Crippen molar-refractivity contribution in [3.8, 4) is 17.2 Å². The fourth-order valence-electron chi connectivity index (χ4n) is 5.75. The number of ketones is 3. The highest BCUT2D eigenvalue weighted by Gasteiger charge is 2.50. The van der Waals surface area contributed by atoms with Gasteiger partial charge in [-0.25, -0.2) is 0 Å². The number of ether oxygens (including phenoxy) is 3. The molecule has 0 aromatic heterocycles. The number of carbonyl (C=O) groups excluding carboxylic acids is 3. The molecule has 0 spiro atoms. The Labute approximate surface area is 222 Å². The van der Waals surface area contributed by atoms with Gasteiger partial charge in [-0.05, 0) is 13.0 Å². The Bertz CT molecular complexity index is 1380. The van der Waals surface area contributed by atoms with Gasteiger partial charge in [0.15, 0.2) is 17.9 Å². The van der Waals surface area contributed by atoms with Crippen molar-refractivity contribution in [1.29, 1.82) is 0 Å². The number of methoxy groups -OCH3 is 1. The summed E-state index contributed by atoms with van der Waals surface area (Å²) in [6.45, 7) is 0.560. The van der Waals surface area contributed by atoms with Crippen LogP contribution in [0.2, 0.25) is 0 Å². The van der Waals surface area contributed by atoms with Crippen molar-refractivity contribution in [3.63, 3.8) is 0 Å². The summed E-state index contributed by atoms with van der Waals surface area (Å²) < 4.78 is 17.0. The van der Waals surface area contributed by atoms with Gasteiger partial charge in [-0.2, -0.15) is 0 Å². The predicted octanol–water partition coefficient (Wildman–Crippen LogP) is 0.00130. The molecule has 1 aliphatic heterocycles. The number of benzene rings is 2. The van der Waals surface area contributed by atoms with Gasteiger partial charge in [0.25, 0.3) is 0 Å². The molecule has 12 nitrogen and oxygen atoms in total. The van der Waals surface area contributed by atoms with Crippen molar-refractivity contribution in [3.05, 3.63) is 51.6 Å². The van der Waals surface area contributed by atoms with Gasteiger partial charge in [0.1, 0.15) is 29.5 Å². The number of carbonyl (C=O) groups is 3. The molecule has 0 radical (unpaired) electrons. The lowest BCUT2D eigenvalue weighted by molar-refractivity contribution is -0.247. The lowest BCUT2D eigenvalue weighted by atomic mass is 9.72. The zero-order valence-electron chi connectivity index (χ0n) is 21.2. The third-order valence-electron chi connectivity index (χ3n) is 7.81. The second-order valence-corrected chi connectivity index (χ2v) is 10.2. The first-order valence-corrected chi connectivity index (χ1v) is 12.4. The molecule has 6 atom stereocenters. The lowest BCUT2D eigenvalue weighted by Gasteiger charge is -2.42. The molecule has 12 heteroatoms. The van der Waals surface area contributed by atoms with Gasteiger partial charge in [-0.15, -0.1) is 0 Å². The lowest BCUT2D eigenvalue weighted by Crippen LogP contribution is -2.53. The maximum atomic E-state index is 13.6. The molecule has 208 valence electrons. The number of fused-ring (bicyclic) bond motifs is 3. The summed E-state index contributed by atoms with van der Waals surface area (Å²) in [5, 5.41) is 53.7. The van der Waals surface area contributed by atoms with Crippen LogP contribution in [-0.4, -0.2) is 86.7 Å². The molecule has 7 N–H and O–H groups in total. The van der Waals surface area contributed by atoms with Gasteiger partial charge in [-0.3, -0.25) is 14.4 Å². The molecule has 0 amide bonds. The van der Waals surface area contributed by atoms with E-state index < -0.39 is 95.7 Å². The normalized spacial score (nSPS) is 29.8. The average Bonchev–Trinajstić information content (AvgIpc) is 2.90. The summed E-state index contributed by atoms with van der Waals surface area (Å²) in [4.78, 5) is 39.7. The first kappa shape index (κ1) is 27.2. The zero-order valence-corrected chi connectivity index (χ0v) is 21.2. The number of phenols is 2. The largest absolute Gasteiger partial charge is 0.507 e. The Hall–Kier alpha value is -3.39. The van der Waals surface area contributed by atoms with Crippen LogP contribution in [0.4, 0.5) is 0 Å². The SMILES string of the molecule is COc1cccc2c1C(=O)c1c(O)c3c(c(O)c1C2=O)C[C@@](O)(C(=O)CO)C[C@@H]3O[C@H]1C[C@@H](N)C(O)C(C)O1. The van der Waals surface area contributed by atoms with Crippen LogP contribution < -0.4 is 10.5 Å². The van der Waals surface area contributed by atoms with Crippen molar-refractivity contribution < 1.29 is 54.1 Å². The predicted molar refractivity (Wildman–Crippen MR) is 132 cm³/mol. The number of aliphatic hydroxyl groups is 3. The number of rotatable bonds is 5. The van der Waals surface area contributed by atoms with Crippen LogP contribution in [-0.2, 0) is 20.7 Å². The summed E-state index contributed by atoms with van der Waals surface area (Å²) in [5.74, 6) is -3.77. The quantitative estimate of drug-likeness (QED) is 0.235. The number of aliphatic hydroxyl groups excluding tert-OH is 2. The molecular weight excluding hydrogens is 514 g/mol. The Kier molecular flexibility index (Phi) is 6.74. The van der Waals surface area contributed by atoms with Gasteiger partial charge in [0.2, 0.25) is 5.78 Å². The third kappa shape index (κ3) is 4.11. The molecule has 1 heterocycles. The van der Waals surface area contributed by atoms with Crippen molar-refractivity contribution >= 4 is 17.3 Å². The van der Waals surface area contributed by atoms with E-state index in [-0.39, 0.29) is 34.4 Å². The summed E-state index contributed by atoms with van der Waals surface area (Å²) >= 11 is 0. The first-order valence-electron chi connectivity index (χ1n) is 12.4. The Morgan fingerprint density at radius 3 is 2.49 bits per heavy atom. The van der Waals surface area contributed by atoms with Crippen molar-refractivity contribution in [2.75, 3.05) is 13.7 Å². The number of phenolic OH excluding ortho intramolecular Hbond substituents is 2. The van der Waals surface area contributed by atoms with Gasteiger partial charge < -0.3 is 45.5 Å². The molecule has 39 heavy (non-hydrogen) atoms. The Morgan fingerprint density at radius 1 is 1.15 bits per heavy atom. The van der Waals surface area contributed by atoms with Crippen LogP contribution in [0.1, 0.15) is 68.8 Å². The van der Waals surface area contributed by atoms with Gasteiger partial charge in [0.05, 0.1) is 42.1 Å². The molecule has 1 saturated heterocycles. The number of hydrogen-bond donors (Lipinski definition) is 6. The third-order valence-corrected chi connectivity index (χ3v) is 7.81. The summed E-state index contributed by atoms with van der Waals surface area (Å²) in [6, 6.07) is 3.64. The topological polar surface area (TPSA) is 206 Å². The van der Waals surface area contributed by atoms with Crippen LogP contribution in [0.5, 0.6) is 17.2 Å². The number of aromatic hydroxyl groups is 2. The maximum Gasteiger partial charge on any atom is 0.202 e. The van der Waals surface area contributed by atoms with Crippen molar-refractivity contribution in [2.45, 2.75) is 62.4 Å². The molecule has 2 aromatic carbocycles. The summed E-state index contributed by atoms with van der Waals surface area (Å²) in [7, 11) is 1.32. The smallest absolute Gasteiger partial charge is 0.202 e. The first-order chi connectivity index (χ1) is 18.4. The Morgan fingerprint density at radius 2 is 1.85 bits per heavy atom. The van der Waals surface area contributed by atoms with E-state index in [0.717, 1.165) is 0 Å². The standard InChI is InChI=1S/C27H29NO11/c1-10-22(31)13(28)6-17(38-10)39-15-8-27(36,16(30)9-29)7-12-19(15)26(35)21-20(24(12)33)23(32)11-4-3-5-14(37-2)18(11)25(21)34/h3-5,10,13,15,17,22,29,31,33,35-36H,6-9,28H2,1-2H3/t10?,13-,15+,17+,22?,27+/m1/s1. The van der Waals surface area contributed by atoms with Gasteiger partial charge in [0, 0.05) is 42.0 Å². The molecule has 2 aromatic rings. The minimum atomic E-state index is -2.24. The van der Waals surface area contributed by atoms with Crippen LogP contribution in [0, 0.1) is 0 Å². The summed E-state index contributed by atoms with van der Waals surface area (Å²) in [5.41, 5.74) is 2.37. The highest BCUT2D eigenvalue weighted by atomic mass is 16.7. The van der Waals surface area contributed by atoms with Crippen LogP contribution in [0.15, 0.2) is 18.2 Å². The molecule has 0 saturated carbocycles. The molecule has 1 fully saturated rings. The van der Waals surface area contributed by atoms with E-state index in [1.807, 2.05) is 0 Å². The fraction of sp³-hybridized carbons (Fsp3) is 0.444. The minimum absolute atomic E-state index is 0.0173. The Balaban J connectivity index is 1.69. The maximum absolute atomic E-state index is 13.6. The van der Waals surface area contributed by atoms with E-state index in [1.165, 1.54) is 25.3 Å². The fourth-order valence-corrected chi connectivity index (χ4v) is 5.75. The van der Waals surface area contributed by atoms with Gasteiger partial charge in [-0.1, -0.05) is 12.1 Å². The van der Waals surface area contributed by atoms with E-state index >= 15 is 0 Å². The molecular formula is C27H29NO11. The highest BCUT2D eigenvalue weighted by molar-refractivity contribution is 6.31. The molecule has 5 rings (SSSR count). The number of nitrogens with two attached hydrogens (primary N) is 1. The van der Waals surface area contributed by atoms with Crippen LogP contribution in [0.3, 0.4) is 0 Å². The highest BCUT2D eigenvalue weighted by Crippen LogP contribution is 2.52. The van der Waals surface area contributed by atoms with E-state index in [1.54, 1.807) is 6.92 Å². The van der Waals surface area contributed by atoms with E-state index in [0.29, 0.717) is 0 Å². The number of hydrogen-bond acceptors (Lipinski definition) is 12. The average molecular weight is 544 g/mol. The summed E-state index contributed by atoms with van der Waals surface area (Å²) in [6.07, 6.45) is -5.12. The zero-order chi connectivity index (χ0) is 28.4. The number of Topliss-reactive ketones (excluding diaryl/α,β-unsaturated/α-hetero) is 1. The second-order valence-electron chi connectivity index (χ2n) is 10.2. The molecule has 3 aliphatic rings. The van der Waals surface area contributed by atoms with Gasteiger partial charge >= 0.3 is 0 Å². The van der Waals surface area contributed by atoms with Crippen molar-refractivity contribution in [1.82, 2.24) is 0 Å². The molecule has 2 aliphatic carbocycles. The van der Waals surface area contributed by atoms with E-state index in [9.17, 15) is 39.9 Å². The van der Waals surface area contributed by atoms with Crippen LogP contribution >= 0.6 is 0 Å². The van der Waals surface area contributed by atoms with Crippen molar-refractivity contribution in [2.24, 2.45) is 5.73 Å². The van der Waals surface area contributed by atoms with E-state index in [2.05, 4.69) is 0 Å². The second kappa shape index (κ2) is 9.66. The monoisotopic (exact) mass is 543 g/mol. The van der Waals surface area contributed by atoms with E-state index in [4.69, 9.17) is 19.9 Å². The van der Waals surface area contributed by atoms with Crippen LogP contribution in [0.25, 0.3) is 0 Å². The molecule has 0 bridgehead atoms.